The van der Waals surface area contributed by atoms with E-state index in [1.165, 1.54) is 16.6 Å². The van der Waals surface area contributed by atoms with Crippen molar-refractivity contribution in [2.24, 2.45) is 0 Å². The average Bonchev–Trinajstić information content (AvgIpc) is 2.90. The van der Waals surface area contributed by atoms with Gasteiger partial charge < -0.3 is 16.8 Å². The Labute approximate surface area is 130 Å². The maximum absolute atomic E-state index is 12.0. The first-order chi connectivity index (χ1) is 10.0. The molecule has 0 aliphatic heterocycles. The van der Waals surface area contributed by atoms with Crippen LogP contribution < -0.4 is 16.8 Å². The van der Waals surface area contributed by atoms with Gasteiger partial charge in [-0.1, -0.05) is 17.8 Å². The van der Waals surface area contributed by atoms with Crippen molar-refractivity contribution in [2.75, 3.05) is 18.0 Å². The number of rotatable bonds is 6. The quantitative estimate of drug-likeness (QED) is 0.676. The highest BCUT2D eigenvalue weighted by Crippen LogP contribution is 2.20. The monoisotopic (exact) mass is 324 g/mol. The number of amides is 1. The molecule has 5 N–H and O–H groups in total. The first kappa shape index (κ1) is 15.5. The molecular formula is C12H16N6OS2. The van der Waals surface area contributed by atoms with Gasteiger partial charge in [-0.3, -0.25) is 4.79 Å². The van der Waals surface area contributed by atoms with Crippen molar-refractivity contribution in [3.63, 3.8) is 0 Å². The van der Waals surface area contributed by atoms with Gasteiger partial charge >= 0.3 is 0 Å². The number of carbonyl (C=O) groups is 1. The molecule has 2 aromatic rings. The largest absolute Gasteiger partial charge is 0.368 e. The molecule has 0 bridgehead atoms. The Balaban J connectivity index is 1.81. The predicted molar refractivity (Wildman–Crippen MR) is 85.0 cm³/mol. The molecule has 2 aromatic heterocycles. The van der Waals surface area contributed by atoms with Crippen molar-refractivity contribution in [3.05, 3.63) is 22.4 Å². The topological polar surface area (TPSA) is 120 Å². The molecule has 0 saturated carbocycles. The van der Waals surface area contributed by atoms with Crippen LogP contribution in [0.15, 0.2) is 22.7 Å². The number of nitrogens with one attached hydrogen (secondary N) is 1. The van der Waals surface area contributed by atoms with E-state index in [-0.39, 0.29) is 23.1 Å². The summed E-state index contributed by atoms with van der Waals surface area (Å²) in [5.41, 5.74) is 11.0. The van der Waals surface area contributed by atoms with Crippen molar-refractivity contribution >= 4 is 40.9 Å². The fraction of sp³-hybridized carbons (Fsp3) is 0.333. The number of thiophene rings is 1. The second-order valence-electron chi connectivity index (χ2n) is 4.21. The van der Waals surface area contributed by atoms with Crippen LogP contribution in [0.5, 0.6) is 0 Å². The Kier molecular flexibility index (Phi) is 5.34. The third kappa shape index (κ3) is 4.87. The minimum absolute atomic E-state index is 0.0512. The molecule has 21 heavy (non-hydrogen) atoms. The van der Waals surface area contributed by atoms with Gasteiger partial charge in [0.1, 0.15) is 0 Å². The number of anilines is 2. The van der Waals surface area contributed by atoms with Gasteiger partial charge in [-0.2, -0.15) is 15.0 Å². The molecule has 2 rings (SSSR count). The molecule has 0 radical (unpaired) electrons. The summed E-state index contributed by atoms with van der Waals surface area (Å²) >= 11 is 2.87. The Bertz CT molecular complexity index is 584. The van der Waals surface area contributed by atoms with Gasteiger partial charge in [0.05, 0.1) is 5.25 Å². The summed E-state index contributed by atoms with van der Waals surface area (Å²) in [4.78, 5) is 24.8. The lowest BCUT2D eigenvalue weighted by atomic mass is 10.3. The van der Waals surface area contributed by atoms with Crippen LogP contribution in [-0.4, -0.2) is 32.7 Å². The Morgan fingerprint density at radius 3 is 2.71 bits per heavy atom. The van der Waals surface area contributed by atoms with Gasteiger partial charge in [-0.05, 0) is 24.8 Å². The van der Waals surface area contributed by atoms with Gasteiger partial charge in [0.2, 0.25) is 17.8 Å². The summed E-state index contributed by atoms with van der Waals surface area (Å²) in [6.45, 7) is 2.38. The number of carbonyl (C=O) groups excluding carboxylic acids is 1. The minimum atomic E-state index is -0.338. The fourth-order valence-corrected chi connectivity index (χ4v) is 3.07. The number of nitrogen functional groups attached to an aromatic ring is 2. The molecule has 1 unspecified atom stereocenters. The molecule has 0 fully saturated rings. The van der Waals surface area contributed by atoms with Crippen molar-refractivity contribution < 1.29 is 4.79 Å². The van der Waals surface area contributed by atoms with Crippen molar-refractivity contribution in [3.8, 4) is 0 Å². The van der Waals surface area contributed by atoms with E-state index in [2.05, 4.69) is 20.3 Å². The van der Waals surface area contributed by atoms with E-state index in [1.54, 1.807) is 18.3 Å². The second-order valence-corrected chi connectivity index (χ2v) is 6.56. The van der Waals surface area contributed by atoms with Crippen LogP contribution in [0.25, 0.3) is 0 Å². The third-order valence-corrected chi connectivity index (χ3v) is 4.45. The van der Waals surface area contributed by atoms with Crippen LogP contribution >= 0.6 is 23.1 Å². The molecule has 0 aliphatic carbocycles. The number of hydrogen-bond acceptors (Lipinski definition) is 8. The van der Waals surface area contributed by atoms with Crippen LogP contribution in [0.4, 0.5) is 11.9 Å². The molecule has 9 heteroatoms. The zero-order chi connectivity index (χ0) is 15.2. The van der Waals surface area contributed by atoms with E-state index in [4.69, 9.17) is 11.5 Å². The second kappa shape index (κ2) is 7.23. The normalized spacial score (nSPS) is 12.0. The van der Waals surface area contributed by atoms with E-state index >= 15 is 0 Å². The van der Waals surface area contributed by atoms with Crippen LogP contribution in [0, 0.1) is 0 Å². The van der Waals surface area contributed by atoms with Crippen LogP contribution in [0.2, 0.25) is 0 Å². The standard InChI is InChI=1S/C12H16N6OS2/c1-7(21-12-17-10(13)16-11(14)18-12)9(19)15-5-4-8-3-2-6-20-8/h2-3,6-7H,4-5H2,1H3,(H,15,19)(H4,13,14,16,17,18). The third-order valence-electron chi connectivity index (χ3n) is 2.55. The highest BCUT2D eigenvalue weighted by atomic mass is 32.2. The Morgan fingerprint density at radius 1 is 1.38 bits per heavy atom. The molecule has 112 valence electrons. The van der Waals surface area contributed by atoms with E-state index < -0.39 is 0 Å². The molecule has 0 saturated heterocycles. The number of aromatic nitrogens is 3. The zero-order valence-electron chi connectivity index (χ0n) is 11.4. The number of hydrogen-bond donors (Lipinski definition) is 3. The predicted octanol–water partition coefficient (Wildman–Crippen LogP) is 0.937. The molecule has 1 atom stereocenters. The summed E-state index contributed by atoms with van der Waals surface area (Å²) in [7, 11) is 0. The Morgan fingerprint density at radius 2 is 2.10 bits per heavy atom. The van der Waals surface area contributed by atoms with E-state index in [1.807, 2.05) is 17.5 Å². The summed E-state index contributed by atoms with van der Waals surface area (Å²) < 4.78 is 0. The van der Waals surface area contributed by atoms with Crippen LogP contribution in [0.1, 0.15) is 11.8 Å². The highest BCUT2D eigenvalue weighted by molar-refractivity contribution is 8.00. The maximum Gasteiger partial charge on any atom is 0.233 e. The number of nitrogens with zero attached hydrogens (tertiary/aromatic N) is 3. The smallest absolute Gasteiger partial charge is 0.233 e. The van der Waals surface area contributed by atoms with Crippen molar-refractivity contribution in [1.82, 2.24) is 20.3 Å². The molecular weight excluding hydrogens is 308 g/mol. The van der Waals surface area contributed by atoms with Gasteiger partial charge in [0, 0.05) is 11.4 Å². The first-order valence-electron chi connectivity index (χ1n) is 6.28. The van der Waals surface area contributed by atoms with Gasteiger partial charge in [0.15, 0.2) is 5.16 Å². The van der Waals surface area contributed by atoms with Gasteiger partial charge in [-0.25, -0.2) is 0 Å². The minimum Gasteiger partial charge on any atom is -0.368 e. The van der Waals surface area contributed by atoms with E-state index in [0.29, 0.717) is 11.7 Å². The van der Waals surface area contributed by atoms with E-state index in [9.17, 15) is 4.79 Å². The SMILES string of the molecule is CC(Sc1nc(N)nc(N)n1)C(=O)NCCc1cccs1. The molecule has 7 nitrogen and oxygen atoms in total. The average molecular weight is 324 g/mol. The fourth-order valence-electron chi connectivity index (χ4n) is 1.56. The number of nitrogens with two attached hydrogens (primary N) is 2. The summed E-state index contributed by atoms with van der Waals surface area (Å²) in [6, 6.07) is 4.04. The van der Waals surface area contributed by atoms with Crippen LogP contribution in [0.3, 0.4) is 0 Å². The molecule has 0 aliphatic rings. The molecule has 2 heterocycles. The molecule has 0 aromatic carbocycles. The van der Waals surface area contributed by atoms with Crippen LogP contribution in [-0.2, 0) is 11.2 Å². The van der Waals surface area contributed by atoms with Gasteiger partial charge in [-0.15, -0.1) is 11.3 Å². The molecule has 1 amide bonds. The lowest BCUT2D eigenvalue weighted by Gasteiger charge is -2.11. The summed E-state index contributed by atoms with van der Waals surface area (Å²) in [5, 5.41) is 4.91. The lowest BCUT2D eigenvalue weighted by molar-refractivity contribution is -0.120. The zero-order valence-corrected chi connectivity index (χ0v) is 13.1. The summed E-state index contributed by atoms with van der Waals surface area (Å²) in [5.74, 6) is 0.0275. The van der Waals surface area contributed by atoms with Gasteiger partial charge in [0.25, 0.3) is 0 Å². The first-order valence-corrected chi connectivity index (χ1v) is 8.04. The Hall–Kier alpha value is -1.87. The van der Waals surface area contributed by atoms with E-state index in [0.717, 1.165) is 6.42 Å². The van der Waals surface area contributed by atoms with Crippen molar-refractivity contribution in [2.45, 2.75) is 23.8 Å². The highest BCUT2D eigenvalue weighted by Gasteiger charge is 2.16. The number of thioether (sulfide) groups is 1. The lowest BCUT2D eigenvalue weighted by Crippen LogP contribution is -2.32. The van der Waals surface area contributed by atoms with Crippen molar-refractivity contribution in [1.29, 1.82) is 0 Å². The maximum atomic E-state index is 12.0. The summed E-state index contributed by atoms with van der Waals surface area (Å²) in [6.07, 6.45) is 0.826. The molecule has 0 spiro atoms.